The van der Waals surface area contributed by atoms with Crippen molar-refractivity contribution in [2.75, 3.05) is 0 Å². The number of fused-ring (bicyclic) bond motifs is 6. The van der Waals surface area contributed by atoms with Crippen molar-refractivity contribution >= 4 is 31.5 Å². The summed E-state index contributed by atoms with van der Waals surface area (Å²) in [6.45, 7) is 4.59. The molecule has 54 heavy (non-hydrogen) atoms. The fourth-order valence-electron chi connectivity index (χ4n) is 8.02. The smallest absolute Gasteiger partial charge is 0.164 e. The molecule has 5 heteroatoms. The number of aromatic nitrogens is 3. The van der Waals surface area contributed by atoms with E-state index in [0.29, 0.717) is 23.0 Å². The largest absolute Gasteiger partial charge is 0.208 e. The molecule has 0 fully saturated rings. The molecule has 254 valence electrons. The molecule has 0 aliphatic heterocycles. The summed E-state index contributed by atoms with van der Waals surface area (Å²) in [6.07, 6.45) is 0. The molecule has 0 unspecified atom stereocenters. The van der Waals surface area contributed by atoms with E-state index in [1.807, 2.05) is 35.6 Å². The average Bonchev–Trinajstić information content (AvgIpc) is 3.72. The van der Waals surface area contributed by atoms with E-state index in [4.69, 9.17) is 15.0 Å². The molecule has 0 N–H and O–H groups in total. The van der Waals surface area contributed by atoms with Crippen LogP contribution in [0.2, 0.25) is 0 Å². The third-order valence-electron chi connectivity index (χ3n) is 10.8. The third kappa shape index (κ3) is 5.23. The molecule has 2 heterocycles. The van der Waals surface area contributed by atoms with Crippen molar-refractivity contribution in [3.63, 3.8) is 0 Å². The van der Waals surface area contributed by atoms with Crippen molar-refractivity contribution in [1.82, 2.24) is 15.0 Å². The van der Waals surface area contributed by atoms with Crippen molar-refractivity contribution in [2.45, 2.75) is 19.3 Å². The van der Waals surface area contributed by atoms with E-state index >= 15 is 0 Å². The van der Waals surface area contributed by atoms with Gasteiger partial charge in [0.1, 0.15) is 0 Å². The van der Waals surface area contributed by atoms with Gasteiger partial charge >= 0.3 is 0 Å². The highest BCUT2D eigenvalue weighted by Gasteiger charge is 2.37. The highest BCUT2D eigenvalue weighted by Crippen LogP contribution is 2.51. The number of nitriles is 1. The number of rotatable bonds is 5. The van der Waals surface area contributed by atoms with Gasteiger partial charge in [0.15, 0.2) is 17.5 Å². The van der Waals surface area contributed by atoms with Crippen LogP contribution in [-0.2, 0) is 5.41 Å². The van der Waals surface area contributed by atoms with E-state index in [-0.39, 0.29) is 5.41 Å². The Bertz CT molecular complexity index is 2980. The Morgan fingerprint density at radius 1 is 0.463 bits per heavy atom. The van der Waals surface area contributed by atoms with Gasteiger partial charge in [-0.05, 0) is 80.9 Å². The second kappa shape index (κ2) is 12.4. The molecule has 0 atom stereocenters. The van der Waals surface area contributed by atoms with E-state index in [1.54, 1.807) is 0 Å². The Hall–Kier alpha value is -6.74. The van der Waals surface area contributed by atoms with Gasteiger partial charge in [-0.15, -0.1) is 11.3 Å². The summed E-state index contributed by atoms with van der Waals surface area (Å²) in [4.78, 5) is 15.6. The van der Waals surface area contributed by atoms with Crippen LogP contribution in [0.25, 0.3) is 87.7 Å². The number of hydrogen-bond acceptors (Lipinski definition) is 5. The molecule has 0 amide bonds. The van der Waals surface area contributed by atoms with Crippen molar-refractivity contribution in [3.05, 3.63) is 174 Å². The molecule has 0 bridgehead atoms. The van der Waals surface area contributed by atoms with Gasteiger partial charge in [0.05, 0.1) is 11.6 Å². The van der Waals surface area contributed by atoms with Gasteiger partial charge < -0.3 is 0 Å². The Balaban J connectivity index is 1.13. The molecule has 0 saturated carbocycles. The molecule has 0 radical (unpaired) electrons. The summed E-state index contributed by atoms with van der Waals surface area (Å²) in [5, 5.41) is 12.0. The van der Waals surface area contributed by atoms with Gasteiger partial charge in [-0.1, -0.05) is 135 Å². The van der Waals surface area contributed by atoms with Gasteiger partial charge in [-0.3, -0.25) is 0 Å². The van der Waals surface area contributed by atoms with Crippen LogP contribution < -0.4 is 0 Å². The molecule has 1 aliphatic rings. The summed E-state index contributed by atoms with van der Waals surface area (Å²) in [5.74, 6) is 1.86. The highest BCUT2D eigenvalue weighted by atomic mass is 32.1. The number of hydrogen-bond donors (Lipinski definition) is 0. The van der Waals surface area contributed by atoms with Gasteiger partial charge in [0, 0.05) is 42.3 Å². The van der Waals surface area contributed by atoms with Crippen molar-refractivity contribution < 1.29 is 0 Å². The Kier molecular flexibility index (Phi) is 7.36. The predicted octanol–water partition coefficient (Wildman–Crippen LogP) is 12.8. The lowest BCUT2D eigenvalue weighted by molar-refractivity contribution is 0.660. The van der Waals surface area contributed by atoms with Crippen molar-refractivity contribution in [3.8, 4) is 73.6 Å². The van der Waals surface area contributed by atoms with E-state index in [0.717, 1.165) is 38.9 Å². The zero-order valence-electron chi connectivity index (χ0n) is 29.7. The maximum Gasteiger partial charge on any atom is 0.164 e. The quantitative estimate of drug-likeness (QED) is 0.179. The minimum absolute atomic E-state index is 0.150. The van der Waals surface area contributed by atoms with Crippen LogP contribution in [0.3, 0.4) is 0 Å². The maximum absolute atomic E-state index is 9.46. The highest BCUT2D eigenvalue weighted by molar-refractivity contribution is 7.25. The molecule has 7 aromatic carbocycles. The van der Waals surface area contributed by atoms with Gasteiger partial charge in [0.2, 0.25) is 0 Å². The Morgan fingerprint density at radius 2 is 1.06 bits per heavy atom. The molecular weight excluding hydrogens is 677 g/mol. The first kappa shape index (κ1) is 32.0. The lowest BCUT2D eigenvalue weighted by atomic mass is 9.82. The monoisotopic (exact) mass is 708 g/mol. The first-order chi connectivity index (χ1) is 26.4. The van der Waals surface area contributed by atoms with Crippen LogP contribution in [0.1, 0.15) is 30.5 Å². The first-order valence-electron chi connectivity index (χ1n) is 18.1. The van der Waals surface area contributed by atoms with Crippen LogP contribution in [-0.4, -0.2) is 15.0 Å². The number of thiophene rings is 1. The lowest BCUT2D eigenvalue weighted by Crippen LogP contribution is -2.14. The lowest BCUT2D eigenvalue weighted by Gasteiger charge is -2.21. The molecule has 0 spiro atoms. The molecule has 2 aromatic heterocycles. The van der Waals surface area contributed by atoms with E-state index < -0.39 is 0 Å². The number of benzene rings is 7. The fraction of sp³-hybridized carbons (Fsp3) is 0.0612. The van der Waals surface area contributed by atoms with Crippen LogP contribution >= 0.6 is 11.3 Å². The normalized spacial score (nSPS) is 12.8. The third-order valence-corrected chi connectivity index (χ3v) is 11.9. The standard InChI is InChI=1S/C49H32N4S/c1-49(2)41-17-5-3-15-38(41)45-39(16-9-18-42(45)49)48-52-46(32-22-20-31(21-23-32)33-11-7-10-30(26-33)29-50)51-47(53-48)36-13-8-12-34(27-36)35-24-25-44-40(28-35)37-14-4-6-19-43(37)54-44/h3-28H,1-2H3. The summed E-state index contributed by atoms with van der Waals surface area (Å²) in [6, 6.07) is 57.2. The molecular formula is C49H32N4S. The average molecular weight is 709 g/mol. The van der Waals surface area contributed by atoms with E-state index in [2.05, 4.69) is 153 Å². The van der Waals surface area contributed by atoms with Crippen LogP contribution in [0.4, 0.5) is 0 Å². The molecule has 9 aromatic rings. The minimum atomic E-state index is -0.150. The zero-order valence-corrected chi connectivity index (χ0v) is 30.5. The van der Waals surface area contributed by atoms with Crippen LogP contribution in [0.15, 0.2) is 158 Å². The Labute approximate surface area is 317 Å². The van der Waals surface area contributed by atoms with Gasteiger partial charge in [-0.25, -0.2) is 15.0 Å². The molecule has 0 saturated heterocycles. The van der Waals surface area contributed by atoms with Crippen molar-refractivity contribution in [2.24, 2.45) is 0 Å². The molecule has 1 aliphatic carbocycles. The zero-order chi connectivity index (χ0) is 36.4. The summed E-state index contributed by atoms with van der Waals surface area (Å²) < 4.78 is 2.58. The minimum Gasteiger partial charge on any atom is -0.208 e. The van der Waals surface area contributed by atoms with E-state index in [1.165, 1.54) is 42.4 Å². The second-order valence-corrected chi connectivity index (χ2v) is 15.4. The number of nitrogens with zero attached hydrogens (tertiary/aromatic N) is 4. The first-order valence-corrected chi connectivity index (χ1v) is 18.9. The topological polar surface area (TPSA) is 62.5 Å². The molecule has 10 rings (SSSR count). The summed E-state index contributed by atoms with van der Waals surface area (Å²) in [7, 11) is 0. The summed E-state index contributed by atoms with van der Waals surface area (Å²) in [5.41, 5.74) is 12.5. The fourth-order valence-corrected chi connectivity index (χ4v) is 9.11. The Morgan fingerprint density at radius 3 is 1.91 bits per heavy atom. The second-order valence-electron chi connectivity index (χ2n) is 14.4. The van der Waals surface area contributed by atoms with E-state index in [9.17, 15) is 5.26 Å². The van der Waals surface area contributed by atoms with Crippen LogP contribution in [0, 0.1) is 11.3 Å². The van der Waals surface area contributed by atoms with Gasteiger partial charge in [0.25, 0.3) is 0 Å². The maximum atomic E-state index is 9.46. The van der Waals surface area contributed by atoms with Crippen molar-refractivity contribution in [1.29, 1.82) is 5.26 Å². The molecule has 4 nitrogen and oxygen atoms in total. The summed E-state index contributed by atoms with van der Waals surface area (Å²) >= 11 is 1.83. The predicted molar refractivity (Wildman–Crippen MR) is 222 cm³/mol. The SMILES string of the molecule is CC1(C)c2ccccc2-c2c(-c3nc(-c4ccc(-c5cccc(C#N)c5)cc4)nc(-c4cccc(-c5ccc6sc7ccccc7c6c5)c4)n3)cccc21. The van der Waals surface area contributed by atoms with Gasteiger partial charge in [-0.2, -0.15) is 5.26 Å². The van der Waals surface area contributed by atoms with Crippen LogP contribution in [0.5, 0.6) is 0 Å².